The number of fused-ring (bicyclic) bond motifs is 2. The second-order valence-electron chi connectivity index (χ2n) is 11.1. The van der Waals surface area contributed by atoms with Gasteiger partial charge in [0.15, 0.2) is 6.61 Å². The maximum Gasteiger partial charge on any atom is 0.307 e. The molecule has 8 nitrogen and oxygen atoms in total. The summed E-state index contributed by atoms with van der Waals surface area (Å²) in [7, 11) is 0. The van der Waals surface area contributed by atoms with Crippen molar-refractivity contribution >= 4 is 50.7 Å². The number of thiazole rings is 1. The van der Waals surface area contributed by atoms with Crippen molar-refractivity contribution in [2.75, 3.05) is 11.9 Å². The van der Waals surface area contributed by atoms with Gasteiger partial charge in [0.1, 0.15) is 10.8 Å². The molecule has 6 rings (SSSR count). The second-order valence-corrected chi connectivity index (χ2v) is 12.6. The molecule has 0 fully saturated rings. The first kappa shape index (κ1) is 30.2. The molecular formula is C33H30ClN3O5S. The van der Waals surface area contributed by atoms with Gasteiger partial charge in [-0.15, -0.1) is 11.3 Å². The van der Waals surface area contributed by atoms with Crippen molar-refractivity contribution < 1.29 is 24.5 Å². The van der Waals surface area contributed by atoms with Crippen LogP contribution in [0.1, 0.15) is 31.9 Å². The molecule has 0 radical (unpaired) electrons. The SMILES string of the molecule is CC(C)(C)O.Cc1cc2nc(-c3ccnc(-c4ccc5c(c4)OCC(=O)N5)c3)sc2c(-c2ccc(Cl)cc2)c1CC(=O)O. The van der Waals surface area contributed by atoms with E-state index < -0.39 is 11.6 Å². The first-order chi connectivity index (χ1) is 20.4. The van der Waals surface area contributed by atoms with Crippen LogP contribution in [-0.4, -0.2) is 44.3 Å². The van der Waals surface area contributed by atoms with E-state index in [1.807, 2.05) is 49.4 Å². The Morgan fingerprint density at radius 2 is 1.74 bits per heavy atom. The van der Waals surface area contributed by atoms with Crippen molar-refractivity contribution in [1.29, 1.82) is 0 Å². The fourth-order valence-corrected chi connectivity index (χ4v) is 5.88. The van der Waals surface area contributed by atoms with Gasteiger partial charge in [-0.25, -0.2) is 4.98 Å². The third-order valence-corrected chi connectivity index (χ3v) is 7.78. The van der Waals surface area contributed by atoms with E-state index >= 15 is 0 Å². The number of carboxylic acids is 1. The second kappa shape index (κ2) is 12.1. The van der Waals surface area contributed by atoms with E-state index in [0.29, 0.717) is 16.5 Å². The molecule has 0 aliphatic carbocycles. The third kappa shape index (κ3) is 7.19. The van der Waals surface area contributed by atoms with Crippen LogP contribution in [0.3, 0.4) is 0 Å². The number of carbonyl (C=O) groups excluding carboxylic acids is 1. The summed E-state index contributed by atoms with van der Waals surface area (Å²) in [5, 5.41) is 22.3. The Hall–Kier alpha value is -4.31. The molecule has 0 atom stereocenters. The lowest BCUT2D eigenvalue weighted by Crippen LogP contribution is -2.25. The molecule has 0 saturated carbocycles. The number of pyridine rings is 1. The molecule has 0 bridgehead atoms. The highest BCUT2D eigenvalue weighted by atomic mass is 35.5. The summed E-state index contributed by atoms with van der Waals surface area (Å²) in [4.78, 5) is 32.8. The zero-order valence-electron chi connectivity index (χ0n) is 24.1. The number of nitrogens with one attached hydrogen (secondary N) is 1. The van der Waals surface area contributed by atoms with Crippen molar-refractivity contribution in [3.63, 3.8) is 0 Å². The molecule has 0 saturated heterocycles. The van der Waals surface area contributed by atoms with Gasteiger partial charge in [0.25, 0.3) is 5.91 Å². The largest absolute Gasteiger partial charge is 0.482 e. The number of aryl methyl sites for hydroxylation is 1. The topological polar surface area (TPSA) is 122 Å². The van der Waals surface area contributed by atoms with Crippen molar-refractivity contribution in [2.45, 2.75) is 39.7 Å². The standard InChI is InChI=1S/C29H20ClN3O4S.C4H10O/c1-15-10-23-28(27(20(15)13-26(35)36)16-2-5-19(30)6-3-16)38-29(33-23)18-8-9-31-22(11-18)17-4-7-21-24(12-17)37-14-25(34)32-21;1-4(2,3)5/h2-12H,13-14H2,1H3,(H,32,34)(H,35,36);5H,1-3H3. The Kier molecular flexibility index (Phi) is 8.50. The van der Waals surface area contributed by atoms with Crippen molar-refractivity contribution in [2.24, 2.45) is 0 Å². The molecule has 3 heterocycles. The summed E-state index contributed by atoms with van der Waals surface area (Å²) in [6.07, 6.45) is 1.65. The van der Waals surface area contributed by atoms with Crippen LogP contribution < -0.4 is 10.1 Å². The van der Waals surface area contributed by atoms with Crippen LogP contribution in [0.5, 0.6) is 5.75 Å². The van der Waals surface area contributed by atoms with E-state index in [-0.39, 0.29) is 18.9 Å². The van der Waals surface area contributed by atoms with Crippen LogP contribution in [0.2, 0.25) is 5.02 Å². The zero-order chi connectivity index (χ0) is 30.9. The zero-order valence-corrected chi connectivity index (χ0v) is 25.6. The molecule has 3 aromatic carbocycles. The Bertz CT molecular complexity index is 1840. The van der Waals surface area contributed by atoms with Gasteiger partial charge < -0.3 is 20.3 Å². The molecule has 1 aliphatic rings. The lowest BCUT2D eigenvalue weighted by Gasteiger charge is -2.18. The number of aliphatic hydroxyl groups is 1. The van der Waals surface area contributed by atoms with Crippen LogP contribution in [0.4, 0.5) is 5.69 Å². The smallest absolute Gasteiger partial charge is 0.307 e. The Balaban J connectivity index is 0.000000682. The summed E-state index contributed by atoms with van der Waals surface area (Å²) >= 11 is 7.65. The van der Waals surface area contributed by atoms with Gasteiger partial charge in [-0.2, -0.15) is 0 Å². The molecule has 2 aromatic heterocycles. The summed E-state index contributed by atoms with van der Waals surface area (Å²) in [6.45, 7) is 7.13. The normalized spacial score (nSPS) is 12.6. The summed E-state index contributed by atoms with van der Waals surface area (Å²) in [5.41, 5.74) is 6.82. The number of anilines is 1. The molecule has 220 valence electrons. The number of carbonyl (C=O) groups is 2. The van der Waals surface area contributed by atoms with Crippen molar-refractivity contribution in [1.82, 2.24) is 9.97 Å². The fraction of sp³-hybridized carbons (Fsp3) is 0.212. The molecular weight excluding hydrogens is 586 g/mol. The Morgan fingerprint density at radius 3 is 2.44 bits per heavy atom. The van der Waals surface area contributed by atoms with E-state index in [1.54, 1.807) is 45.2 Å². The summed E-state index contributed by atoms with van der Waals surface area (Å²) < 4.78 is 6.48. The molecule has 1 aliphatic heterocycles. The molecule has 0 spiro atoms. The van der Waals surface area contributed by atoms with Crippen molar-refractivity contribution in [3.8, 4) is 38.7 Å². The first-order valence-corrected chi connectivity index (χ1v) is 14.7. The molecule has 10 heteroatoms. The number of aromatic nitrogens is 2. The highest BCUT2D eigenvalue weighted by molar-refractivity contribution is 7.22. The van der Waals surface area contributed by atoms with E-state index in [4.69, 9.17) is 26.4 Å². The van der Waals surface area contributed by atoms with Gasteiger partial charge in [-0.1, -0.05) is 29.8 Å². The molecule has 1 amide bonds. The van der Waals surface area contributed by atoms with Crippen molar-refractivity contribution in [3.05, 3.63) is 83.0 Å². The molecule has 0 unspecified atom stereocenters. The number of nitrogens with zero attached hydrogens (tertiary/aromatic N) is 2. The van der Waals surface area contributed by atoms with E-state index in [0.717, 1.165) is 54.3 Å². The number of amides is 1. The van der Waals surface area contributed by atoms with Gasteiger partial charge in [0.05, 0.1) is 33.6 Å². The predicted octanol–water partition coefficient (Wildman–Crippen LogP) is 7.39. The summed E-state index contributed by atoms with van der Waals surface area (Å²) in [6, 6.07) is 18.8. The van der Waals surface area contributed by atoms with Gasteiger partial charge in [-0.05, 0) is 86.8 Å². The van der Waals surface area contributed by atoms with Crippen LogP contribution in [0.15, 0.2) is 66.9 Å². The van der Waals surface area contributed by atoms with Gasteiger partial charge in [0.2, 0.25) is 0 Å². The number of halogens is 1. The van der Waals surface area contributed by atoms with Gasteiger partial charge in [0, 0.05) is 27.9 Å². The first-order valence-electron chi connectivity index (χ1n) is 13.5. The fourth-order valence-electron chi connectivity index (χ4n) is 4.62. The van der Waals surface area contributed by atoms with E-state index in [9.17, 15) is 14.7 Å². The van der Waals surface area contributed by atoms with E-state index in [2.05, 4.69) is 10.3 Å². The number of rotatable bonds is 5. The lowest BCUT2D eigenvalue weighted by atomic mass is 9.93. The average Bonchev–Trinajstić information content (AvgIpc) is 3.36. The minimum atomic E-state index is -0.889. The number of carboxylic acid groups (broad SMARTS) is 1. The van der Waals surface area contributed by atoms with Gasteiger partial charge >= 0.3 is 5.97 Å². The molecule has 5 aromatic rings. The quantitative estimate of drug-likeness (QED) is 0.188. The number of hydrogen-bond donors (Lipinski definition) is 3. The lowest BCUT2D eigenvalue weighted by molar-refractivity contribution is -0.136. The molecule has 43 heavy (non-hydrogen) atoms. The number of ether oxygens (including phenoxy) is 1. The maximum absolute atomic E-state index is 11.7. The van der Waals surface area contributed by atoms with E-state index in [1.165, 1.54) is 11.3 Å². The van der Waals surface area contributed by atoms with Crippen LogP contribution >= 0.6 is 22.9 Å². The van der Waals surface area contributed by atoms with Crippen LogP contribution in [0.25, 0.3) is 43.2 Å². The Morgan fingerprint density at radius 1 is 1.05 bits per heavy atom. The number of hydrogen-bond acceptors (Lipinski definition) is 7. The third-order valence-electron chi connectivity index (χ3n) is 6.39. The monoisotopic (exact) mass is 615 g/mol. The highest BCUT2D eigenvalue weighted by Gasteiger charge is 2.20. The van der Waals surface area contributed by atoms with Gasteiger partial charge in [-0.3, -0.25) is 14.6 Å². The minimum absolute atomic E-state index is 0.0190. The molecule has 3 N–H and O–H groups in total. The van der Waals surface area contributed by atoms with Crippen LogP contribution in [-0.2, 0) is 16.0 Å². The Labute approximate surface area is 258 Å². The van der Waals surface area contributed by atoms with Crippen LogP contribution in [0, 0.1) is 6.92 Å². The average molecular weight is 616 g/mol. The summed E-state index contributed by atoms with van der Waals surface area (Å²) in [5.74, 6) is -0.468. The highest BCUT2D eigenvalue weighted by Crippen LogP contribution is 2.41. The predicted molar refractivity (Wildman–Crippen MR) is 171 cm³/mol. The number of aliphatic carboxylic acids is 1. The number of benzene rings is 3. The minimum Gasteiger partial charge on any atom is -0.482 e. The maximum atomic E-state index is 11.7.